The Morgan fingerprint density at radius 1 is 1.25 bits per heavy atom. The first kappa shape index (κ1) is 15.8. The van der Waals surface area contributed by atoms with Crippen LogP contribution >= 0.6 is 11.6 Å². The van der Waals surface area contributed by atoms with Gasteiger partial charge in [0.05, 0.1) is 4.90 Å². The van der Waals surface area contributed by atoms with E-state index in [4.69, 9.17) is 11.6 Å². The zero-order valence-corrected chi connectivity index (χ0v) is 13.5. The van der Waals surface area contributed by atoms with Crippen LogP contribution in [0.2, 0.25) is 0 Å². The quantitative estimate of drug-likeness (QED) is 0.724. The maximum Gasteiger partial charge on any atom is 0.242 e. The number of alkyl halides is 1. The predicted molar refractivity (Wildman–Crippen MR) is 82.6 cm³/mol. The van der Waals surface area contributed by atoms with E-state index in [9.17, 15) is 8.42 Å². The number of sulfonamides is 1. The van der Waals surface area contributed by atoms with Gasteiger partial charge in [0, 0.05) is 19.5 Å². The van der Waals surface area contributed by atoms with Crippen molar-refractivity contribution in [3.8, 4) is 0 Å². The van der Waals surface area contributed by atoms with Crippen LogP contribution in [0.4, 0.5) is 0 Å². The molecule has 1 aromatic rings. The highest BCUT2D eigenvalue weighted by molar-refractivity contribution is 7.89. The van der Waals surface area contributed by atoms with Gasteiger partial charge in [-0.2, -0.15) is 0 Å². The van der Waals surface area contributed by atoms with Crippen molar-refractivity contribution >= 4 is 21.6 Å². The summed E-state index contributed by atoms with van der Waals surface area (Å²) in [5, 5.41) is 0. The van der Waals surface area contributed by atoms with Crippen LogP contribution < -0.4 is 0 Å². The van der Waals surface area contributed by atoms with E-state index >= 15 is 0 Å². The summed E-state index contributed by atoms with van der Waals surface area (Å²) in [5.74, 6) is 1.17. The summed E-state index contributed by atoms with van der Waals surface area (Å²) < 4.78 is 26.4. The molecule has 2 rings (SSSR count). The van der Waals surface area contributed by atoms with Gasteiger partial charge in [0.1, 0.15) is 0 Å². The maximum absolute atomic E-state index is 12.4. The molecule has 0 aliphatic heterocycles. The van der Waals surface area contributed by atoms with Crippen LogP contribution in [0.3, 0.4) is 0 Å². The lowest BCUT2D eigenvalue weighted by atomic mass is 9.86. The van der Waals surface area contributed by atoms with E-state index in [0.29, 0.717) is 23.2 Å². The predicted octanol–water partition coefficient (Wildman–Crippen LogP) is 3.28. The highest BCUT2D eigenvalue weighted by Gasteiger charge is 2.26. The summed E-state index contributed by atoms with van der Waals surface area (Å²) in [7, 11) is -1.66. The van der Waals surface area contributed by atoms with Crippen LogP contribution in [0.25, 0.3) is 0 Å². The molecule has 1 aromatic carbocycles. The molecule has 0 bridgehead atoms. The number of hydrogen-bond donors (Lipinski definition) is 0. The number of benzene rings is 1. The van der Waals surface area contributed by atoms with E-state index in [1.807, 2.05) is 12.1 Å². The molecule has 1 aliphatic rings. The summed E-state index contributed by atoms with van der Waals surface area (Å²) in [6.45, 7) is 0.635. The first-order valence-electron chi connectivity index (χ1n) is 7.15. The van der Waals surface area contributed by atoms with E-state index in [1.165, 1.54) is 10.7 Å². The molecule has 0 heterocycles. The Kier molecular flexibility index (Phi) is 5.47. The molecule has 5 heteroatoms. The standard InChI is InChI=1S/C15H22ClNO2S/c1-17(12-14-4-2-5-14)20(18,19)15-9-7-13(8-10-15)6-3-11-16/h7-10,14H,2-6,11-12H2,1H3. The second kappa shape index (κ2) is 6.92. The van der Waals surface area contributed by atoms with Gasteiger partial charge >= 0.3 is 0 Å². The van der Waals surface area contributed by atoms with Crippen LogP contribution in [-0.2, 0) is 16.4 Å². The van der Waals surface area contributed by atoms with Gasteiger partial charge in [0.25, 0.3) is 0 Å². The fraction of sp³-hybridized carbons (Fsp3) is 0.600. The molecule has 0 aromatic heterocycles. The van der Waals surface area contributed by atoms with Crippen LogP contribution in [0, 0.1) is 5.92 Å². The Balaban J connectivity index is 2.04. The summed E-state index contributed by atoms with van der Waals surface area (Å²) in [4.78, 5) is 0.383. The van der Waals surface area contributed by atoms with Crippen molar-refractivity contribution < 1.29 is 8.42 Å². The summed E-state index contributed by atoms with van der Waals surface area (Å²) in [6.07, 6.45) is 5.33. The minimum Gasteiger partial charge on any atom is -0.207 e. The maximum atomic E-state index is 12.4. The lowest BCUT2D eigenvalue weighted by Gasteiger charge is -2.29. The third-order valence-corrected chi connectivity index (χ3v) is 6.08. The first-order chi connectivity index (χ1) is 9.54. The fourth-order valence-corrected chi connectivity index (χ4v) is 3.80. The molecule has 1 saturated carbocycles. The Hall–Kier alpha value is -0.580. The van der Waals surface area contributed by atoms with E-state index in [1.54, 1.807) is 19.2 Å². The molecule has 0 spiro atoms. The fourth-order valence-electron chi connectivity index (χ4n) is 2.42. The number of aryl methyl sites for hydroxylation is 1. The molecule has 0 radical (unpaired) electrons. The van der Waals surface area contributed by atoms with Crippen molar-refractivity contribution in [1.29, 1.82) is 0 Å². The Morgan fingerprint density at radius 3 is 2.40 bits per heavy atom. The van der Waals surface area contributed by atoms with E-state index in [0.717, 1.165) is 31.2 Å². The molecule has 20 heavy (non-hydrogen) atoms. The molecule has 0 N–H and O–H groups in total. The number of halogens is 1. The lowest BCUT2D eigenvalue weighted by Crippen LogP contribution is -2.34. The SMILES string of the molecule is CN(CC1CCC1)S(=O)(=O)c1ccc(CCCCl)cc1. The molecule has 0 unspecified atom stereocenters. The molecule has 3 nitrogen and oxygen atoms in total. The number of rotatable bonds is 7. The van der Waals surface area contributed by atoms with E-state index in [-0.39, 0.29) is 0 Å². The van der Waals surface area contributed by atoms with Gasteiger partial charge in [0.15, 0.2) is 0 Å². The van der Waals surface area contributed by atoms with E-state index in [2.05, 4.69) is 0 Å². The van der Waals surface area contributed by atoms with Crippen molar-refractivity contribution in [2.75, 3.05) is 19.5 Å². The zero-order valence-electron chi connectivity index (χ0n) is 11.9. The topological polar surface area (TPSA) is 37.4 Å². The van der Waals surface area contributed by atoms with Crippen molar-refractivity contribution in [2.24, 2.45) is 5.92 Å². The molecule has 1 fully saturated rings. The highest BCUT2D eigenvalue weighted by atomic mass is 35.5. The molecule has 0 atom stereocenters. The third-order valence-electron chi connectivity index (χ3n) is 3.97. The van der Waals surface area contributed by atoms with Crippen LogP contribution in [0.15, 0.2) is 29.2 Å². The molecule has 0 amide bonds. The minimum absolute atomic E-state index is 0.383. The van der Waals surface area contributed by atoms with Crippen molar-refractivity contribution in [2.45, 2.75) is 37.0 Å². The van der Waals surface area contributed by atoms with Gasteiger partial charge < -0.3 is 0 Å². The average molecular weight is 316 g/mol. The normalized spacial score (nSPS) is 16.4. The largest absolute Gasteiger partial charge is 0.242 e. The van der Waals surface area contributed by atoms with Crippen LogP contribution in [0.5, 0.6) is 0 Å². The Labute approximate surface area is 127 Å². The minimum atomic E-state index is -3.34. The van der Waals surface area contributed by atoms with Gasteiger partial charge in [-0.05, 0) is 49.3 Å². The van der Waals surface area contributed by atoms with Gasteiger partial charge in [-0.3, -0.25) is 0 Å². The second-order valence-corrected chi connectivity index (χ2v) is 7.94. The van der Waals surface area contributed by atoms with Gasteiger partial charge in [-0.15, -0.1) is 11.6 Å². The van der Waals surface area contributed by atoms with Gasteiger partial charge in [-0.25, -0.2) is 12.7 Å². The highest BCUT2D eigenvalue weighted by Crippen LogP contribution is 2.28. The van der Waals surface area contributed by atoms with Crippen molar-refractivity contribution in [3.63, 3.8) is 0 Å². The second-order valence-electron chi connectivity index (χ2n) is 5.52. The molecular formula is C15H22ClNO2S. The third kappa shape index (κ3) is 3.74. The van der Waals surface area contributed by atoms with Crippen molar-refractivity contribution in [3.05, 3.63) is 29.8 Å². The van der Waals surface area contributed by atoms with Gasteiger partial charge in [-0.1, -0.05) is 18.6 Å². The van der Waals surface area contributed by atoms with E-state index < -0.39 is 10.0 Å². The monoisotopic (exact) mass is 315 g/mol. The summed E-state index contributed by atoms with van der Waals surface area (Å²) in [5.41, 5.74) is 1.13. The Bertz CT molecular complexity index is 523. The number of nitrogens with zero attached hydrogens (tertiary/aromatic N) is 1. The lowest BCUT2D eigenvalue weighted by molar-refractivity contribution is 0.263. The zero-order chi connectivity index (χ0) is 14.6. The summed E-state index contributed by atoms with van der Waals surface area (Å²) in [6, 6.07) is 7.18. The molecule has 0 saturated heterocycles. The summed E-state index contributed by atoms with van der Waals surface area (Å²) >= 11 is 5.66. The van der Waals surface area contributed by atoms with Crippen LogP contribution in [0.1, 0.15) is 31.2 Å². The molecule has 1 aliphatic carbocycles. The van der Waals surface area contributed by atoms with Crippen molar-refractivity contribution in [1.82, 2.24) is 4.31 Å². The molecule has 112 valence electrons. The Morgan fingerprint density at radius 2 is 1.90 bits per heavy atom. The molecular weight excluding hydrogens is 294 g/mol. The average Bonchev–Trinajstić information content (AvgIpc) is 2.40. The van der Waals surface area contributed by atoms with Gasteiger partial charge in [0.2, 0.25) is 10.0 Å². The first-order valence-corrected chi connectivity index (χ1v) is 9.12. The van der Waals surface area contributed by atoms with Crippen LogP contribution in [-0.4, -0.2) is 32.2 Å². The number of hydrogen-bond acceptors (Lipinski definition) is 2. The smallest absolute Gasteiger partial charge is 0.207 e.